The van der Waals surface area contributed by atoms with Gasteiger partial charge in [0.2, 0.25) is 5.91 Å². The van der Waals surface area contributed by atoms with E-state index in [-0.39, 0.29) is 11.8 Å². The molecule has 0 bridgehead atoms. The Morgan fingerprint density at radius 3 is 3.00 bits per heavy atom. The summed E-state index contributed by atoms with van der Waals surface area (Å²) >= 11 is 1.67. The van der Waals surface area contributed by atoms with Crippen LogP contribution in [0.4, 0.5) is 0 Å². The number of hydrogen-bond donors (Lipinski definition) is 1. The lowest BCUT2D eigenvalue weighted by Crippen LogP contribution is -2.28. The van der Waals surface area contributed by atoms with E-state index in [0.717, 1.165) is 5.76 Å². The highest BCUT2D eigenvalue weighted by Gasteiger charge is 2.25. The number of amides is 1. The number of thiophene rings is 1. The van der Waals surface area contributed by atoms with Crippen molar-refractivity contribution < 1.29 is 9.21 Å². The molecule has 1 aliphatic carbocycles. The lowest BCUT2D eigenvalue weighted by Gasteiger charge is -2.14. The number of carbonyl (C=O) groups excluding carboxylic acids is 1. The Balaban J connectivity index is 1.64. The van der Waals surface area contributed by atoms with Gasteiger partial charge in [0.1, 0.15) is 5.76 Å². The van der Waals surface area contributed by atoms with E-state index in [1.54, 1.807) is 17.6 Å². The Bertz CT molecular complexity index is 480. The highest BCUT2D eigenvalue weighted by Crippen LogP contribution is 2.32. The lowest BCUT2D eigenvalue weighted by atomic mass is 9.99. The van der Waals surface area contributed by atoms with E-state index in [9.17, 15) is 4.79 Å². The van der Waals surface area contributed by atoms with Gasteiger partial charge in [-0.3, -0.25) is 4.79 Å². The zero-order chi connectivity index (χ0) is 13.1. The molecule has 0 spiro atoms. The first-order chi connectivity index (χ1) is 9.33. The van der Waals surface area contributed by atoms with E-state index in [4.69, 9.17) is 4.42 Å². The SMILES string of the molecule is O=C(CC1CC1)NCC(c1ccsc1)c1ccco1. The van der Waals surface area contributed by atoms with Crippen LogP contribution in [-0.2, 0) is 4.79 Å². The van der Waals surface area contributed by atoms with Crippen molar-refractivity contribution in [2.75, 3.05) is 6.54 Å². The van der Waals surface area contributed by atoms with Gasteiger partial charge < -0.3 is 9.73 Å². The Labute approximate surface area is 116 Å². The Kier molecular flexibility index (Phi) is 3.69. The van der Waals surface area contributed by atoms with Gasteiger partial charge in [0.15, 0.2) is 0 Å². The average molecular weight is 275 g/mol. The fourth-order valence-electron chi connectivity index (χ4n) is 2.22. The maximum Gasteiger partial charge on any atom is 0.220 e. The van der Waals surface area contributed by atoms with Crippen molar-refractivity contribution in [1.29, 1.82) is 0 Å². The van der Waals surface area contributed by atoms with Crippen molar-refractivity contribution in [3.63, 3.8) is 0 Å². The topological polar surface area (TPSA) is 42.2 Å². The van der Waals surface area contributed by atoms with Crippen LogP contribution in [0.1, 0.15) is 36.5 Å². The number of carbonyl (C=O) groups is 1. The van der Waals surface area contributed by atoms with Crippen LogP contribution in [-0.4, -0.2) is 12.5 Å². The zero-order valence-corrected chi connectivity index (χ0v) is 11.5. The molecule has 0 radical (unpaired) electrons. The molecular weight excluding hydrogens is 258 g/mol. The molecule has 19 heavy (non-hydrogen) atoms. The van der Waals surface area contributed by atoms with E-state index in [1.165, 1.54) is 18.4 Å². The van der Waals surface area contributed by atoms with Gasteiger partial charge in [0.05, 0.1) is 12.2 Å². The summed E-state index contributed by atoms with van der Waals surface area (Å²) in [7, 11) is 0. The van der Waals surface area contributed by atoms with Gasteiger partial charge in [-0.15, -0.1) is 0 Å². The summed E-state index contributed by atoms with van der Waals surface area (Å²) in [5, 5.41) is 7.20. The summed E-state index contributed by atoms with van der Waals surface area (Å²) in [5.74, 6) is 1.81. The van der Waals surface area contributed by atoms with E-state index in [2.05, 4.69) is 22.1 Å². The molecule has 4 heteroatoms. The van der Waals surface area contributed by atoms with Gasteiger partial charge in [0.25, 0.3) is 0 Å². The molecule has 3 rings (SSSR count). The lowest BCUT2D eigenvalue weighted by molar-refractivity contribution is -0.121. The fourth-order valence-corrected chi connectivity index (χ4v) is 2.93. The van der Waals surface area contributed by atoms with Crippen molar-refractivity contribution in [2.24, 2.45) is 5.92 Å². The molecule has 1 saturated carbocycles. The van der Waals surface area contributed by atoms with Gasteiger partial charge >= 0.3 is 0 Å². The van der Waals surface area contributed by atoms with E-state index < -0.39 is 0 Å². The second-order valence-corrected chi connectivity index (χ2v) is 5.86. The second kappa shape index (κ2) is 5.61. The molecule has 2 heterocycles. The quantitative estimate of drug-likeness (QED) is 0.878. The molecular formula is C15H17NO2S. The summed E-state index contributed by atoms with van der Waals surface area (Å²) in [6.07, 6.45) is 4.77. The first-order valence-corrected chi connectivity index (χ1v) is 7.59. The number of hydrogen-bond acceptors (Lipinski definition) is 3. The van der Waals surface area contributed by atoms with Crippen LogP contribution in [0.15, 0.2) is 39.6 Å². The van der Waals surface area contributed by atoms with Gasteiger partial charge in [0, 0.05) is 13.0 Å². The predicted molar refractivity (Wildman–Crippen MR) is 75.2 cm³/mol. The highest BCUT2D eigenvalue weighted by atomic mass is 32.1. The second-order valence-electron chi connectivity index (χ2n) is 5.08. The molecule has 1 amide bonds. The first kappa shape index (κ1) is 12.5. The van der Waals surface area contributed by atoms with Crippen LogP contribution in [0.5, 0.6) is 0 Å². The van der Waals surface area contributed by atoms with E-state index >= 15 is 0 Å². The molecule has 1 atom stereocenters. The van der Waals surface area contributed by atoms with Crippen LogP contribution in [0.3, 0.4) is 0 Å². The summed E-state index contributed by atoms with van der Waals surface area (Å²) < 4.78 is 5.50. The van der Waals surface area contributed by atoms with Crippen molar-refractivity contribution >= 4 is 17.2 Å². The molecule has 1 unspecified atom stereocenters. The molecule has 2 aromatic heterocycles. The Morgan fingerprint density at radius 2 is 2.37 bits per heavy atom. The Hall–Kier alpha value is -1.55. The number of nitrogens with one attached hydrogen (secondary N) is 1. The van der Waals surface area contributed by atoms with Crippen LogP contribution in [0, 0.1) is 5.92 Å². The standard InChI is InChI=1S/C15H17NO2S/c17-15(8-11-3-4-11)16-9-13(12-5-7-19-10-12)14-2-1-6-18-14/h1-2,5-7,10-11,13H,3-4,8-9H2,(H,16,17). The molecule has 1 fully saturated rings. The van der Waals surface area contributed by atoms with Gasteiger partial charge in [-0.2, -0.15) is 11.3 Å². The summed E-state index contributed by atoms with van der Waals surface area (Å²) in [5.41, 5.74) is 1.20. The summed E-state index contributed by atoms with van der Waals surface area (Å²) in [6, 6.07) is 5.95. The third kappa shape index (κ3) is 3.26. The maximum atomic E-state index is 11.8. The summed E-state index contributed by atoms with van der Waals surface area (Å²) in [4.78, 5) is 11.8. The number of rotatable bonds is 6. The third-order valence-electron chi connectivity index (χ3n) is 3.51. The number of furan rings is 1. The Morgan fingerprint density at radius 1 is 1.47 bits per heavy atom. The van der Waals surface area contributed by atoms with E-state index in [0.29, 0.717) is 18.9 Å². The minimum atomic E-state index is 0.115. The normalized spacial score (nSPS) is 16.2. The minimum Gasteiger partial charge on any atom is -0.469 e. The van der Waals surface area contributed by atoms with Crippen LogP contribution in [0.25, 0.3) is 0 Å². The van der Waals surface area contributed by atoms with Crippen LogP contribution < -0.4 is 5.32 Å². The highest BCUT2D eigenvalue weighted by molar-refractivity contribution is 7.08. The van der Waals surface area contributed by atoms with Crippen molar-refractivity contribution in [1.82, 2.24) is 5.32 Å². The van der Waals surface area contributed by atoms with Crippen LogP contribution >= 0.6 is 11.3 Å². The fraction of sp³-hybridized carbons (Fsp3) is 0.400. The smallest absolute Gasteiger partial charge is 0.220 e. The van der Waals surface area contributed by atoms with Gasteiger partial charge in [-0.05, 0) is 53.3 Å². The molecule has 3 nitrogen and oxygen atoms in total. The predicted octanol–water partition coefficient (Wildman–Crippen LogP) is 3.39. The van der Waals surface area contributed by atoms with Crippen molar-refractivity contribution in [3.8, 4) is 0 Å². The molecule has 1 N–H and O–H groups in total. The minimum absolute atomic E-state index is 0.115. The maximum absolute atomic E-state index is 11.8. The largest absolute Gasteiger partial charge is 0.469 e. The van der Waals surface area contributed by atoms with Crippen molar-refractivity contribution in [3.05, 3.63) is 46.5 Å². The van der Waals surface area contributed by atoms with Crippen molar-refractivity contribution in [2.45, 2.75) is 25.2 Å². The van der Waals surface area contributed by atoms with Gasteiger partial charge in [-0.1, -0.05) is 0 Å². The molecule has 100 valence electrons. The molecule has 0 saturated heterocycles. The monoisotopic (exact) mass is 275 g/mol. The average Bonchev–Trinajstić information content (AvgIpc) is 2.89. The molecule has 1 aliphatic rings. The molecule has 2 aromatic rings. The summed E-state index contributed by atoms with van der Waals surface area (Å²) in [6.45, 7) is 0.607. The molecule has 0 aromatic carbocycles. The molecule has 0 aliphatic heterocycles. The van der Waals surface area contributed by atoms with Crippen LogP contribution in [0.2, 0.25) is 0 Å². The zero-order valence-electron chi connectivity index (χ0n) is 10.7. The third-order valence-corrected chi connectivity index (χ3v) is 4.21. The van der Waals surface area contributed by atoms with Gasteiger partial charge in [-0.25, -0.2) is 0 Å². The first-order valence-electron chi connectivity index (χ1n) is 6.65. The van der Waals surface area contributed by atoms with E-state index in [1.807, 2.05) is 12.1 Å².